The van der Waals surface area contributed by atoms with Gasteiger partial charge in [0, 0.05) is 32.0 Å². The molecule has 0 radical (unpaired) electrons. The Morgan fingerprint density at radius 3 is 2.94 bits per heavy atom. The van der Waals surface area contributed by atoms with Crippen molar-refractivity contribution in [2.45, 2.75) is 19.4 Å². The van der Waals surface area contributed by atoms with Gasteiger partial charge >= 0.3 is 0 Å². The maximum Gasteiger partial charge on any atom is 0.260 e. The number of carbonyl (C=O) groups excluding carboxylic acids is 1. The first-order valence-electron chi connectivity index (χ1n) is 5.92. The topological polar surface area (TPSA) is 73.6 Å². The summed E-state index contributed by atoms with van der Waals surface area (Å²) in [6.45, 7) is 2.91. The maximum absolute atomic E-state index is 11.7. The highest BCUT2D eigenvalue weighted by molar-refractivity contribution is 5.80. The summed E-state index contributed by atoms with van der Waals surface area (Å²) in [4.78, 5) is 11.7. The SMILES string of the molecule is COCCCNC(=O)[C@H](C)Oc1cccc(N)c1. The number of carbonyl (C=O) groups is 1. The van der Waals surface area contributed by atoms with Gasteiger partial charge in [-0.1, -0.05) is 6.07 Å². The number of hydrogen-bond donors (Lipinski definition) is 2. The number of hydrogen-bond acceptors (Lipinski definition) is 4. The van der Waals surface area contributed by atoms with Crippen LogP contribution in [0.2, 0.25) is 0 Å². The number of benzene rings is 1. The molecule has 0 aromatic heterocycles. The van der Waals surface area contributed by atoms with E-state index in [-0.39, 0.29) is 5.91 Å². The Kier molecular flexibility index (Phi) is 6.00. The number of nitrogens with one attached hydrogen (secondary N) is 1. The minimum atomic E-state index is -0.547. The molecule has 1 amide bonds. The summed E-state index contributed by atoms with van der Waals surface area (Å²) in [7, 11) is 1.63. The second-order valence-corrected chi connectivity index (χ2v) is 3.97. The average Bonchev–Trinajstić information content (AvgIpc) is 2.34. The standard InChI is InChI=1S/C13H20N2O3/c1-10(13(16)15-7-4-8-17-2)18-12-6-3-5-11(14)9-12/h3,5-6,9-10H,4,7-8,14H2,1-2H3,(H,15,16)/t10-/m0/s1. The van der Waals surface area contributed by atoms with Crippen LogP contribution in [0.5, 0.6) is 5.75 Å². The van der Waals surface area contributed by atoms with E-state index in [9.17, 15) is 4.79 Å². The van der Waals surface area contributed by atoms with Crippen molar-refractivity contribution in [3.63, 3.8) is 0 Å². The van der Waals surface area contributed by atoms with Gasteiger partial charge in [0.1, 0.15) is 5.75 Å². The zero-order valence-electron chi connectivity index (χ0n) is 10.8. The van der Waals surface area contributed by atoms with Gasteiger partial charge in [0.15, 0.2) is 6.10 Å². The smallest absolute Gasteiger partial charge is 0.260 e. The lowest BCUT2D eigenvalue weighted by atomic mass is 10.3. The van der Waals surface area contributed by atoms with E-state index >= 15 is 0 Å². The second-order valence-electron chi connectivity index (χ2n) is 3.97. The number of amides is 1. The van der Waals surface area contributed by atoms with Crippen LogP contribution in [-0.2, 0) is 9.53 Å². The van der Waals surface area contributed by atoms with Crippen LogP contribution in [0.25, 0.3) is 0 Å². The van der Waals surface area contributed by atoms with Gasteiger partial charge in [0.2, 0.25) is 0 Å². The summed E-state index contributed by atoms with van der Waals surface area (Å²) in [5, 5.41) is 2.78. The lowest BCUT2D eigenvalue weighted by molar-refractivity contribution is -0.127. The number of anilines is 1. The second kappa shape index (κ2) is 7.55. The summed E-state index contributed by atoms with van der Waals surface area (Å²) < 4.78 is 10.4. The van der Waals surface area contributed by atoms with Crippen LogP contribution in [0.1, 0.15) is 13.3 Å². The predicted molar refractivity (Wildman–Crippen MR) is 70.4 cm³/mol. The van der Waals surface area contributed by atoms with Gasteiger partial charge < -0.3 is 20.5 Å². The van der Waals surface area contributed by atoms with Crippen molar-refractivity contribution in [3.05, 3.63) is 24.3 Å². The minimum absolute atomic E-state index is 0.145. The molecule has 0 aliphatic rings. The molecule has 0 heterocycles. The third-order valence-electron chi connectivity index (χ3n) is 2.36. The molecule has 0 bridgehead atoms. The number of nitrogen functional groups attached to an aromatic ring is 1. The highest BCUT2D eigenvalue weighted by Gasteiger charge is 2.13. The van der Waals surface area contributed by atoms with E-state index in [1.54, 1.807) is 38.3 Å². The fraction of sp³-hybridized carbons (Fsp3) is 0.462. The third kappa shape index (κ3) is 5.05. The van der Waals surface area contributed by atoms with E-state index in [0.717, 1.165) is 6.42 Å². The highest BCUT2D eigenvalue weighted by atomic mass is 16.5. The molecule has 5 heteroatoms. The first-order chi connectivity index (χ1) is 8.63. The molecule has 1 atom stereocenters. The predicted octanol–water partition coefficient (Wildman–Crippen LogP) is 1.19. The van der Waals surface area contributed by atoms with Crippen molar-refractivity contribution in [3.8, 4) is 5.75 Å². The first-order valence-corrected chi connectivity index (χ1v) is 5.92. The van der Waals surface area contributed by atoms with Crippen molar-refractivity contribution in [1.29, 1.82) is 0 Å². The fourth-order valence-electron chi connectivity index (χ4n) is 1.42. The maximum atomic E-state index is 11.7. The molecule has 0 saturated heterocycles. The Bertz CT molecular complexity index is 382. The molecule has 100 valence electrons. The van der Waals surface area contributed by atoms with Crippen LogP contribution in [0.3, 0.4) is 0 Å². The Morgan fingerprint density at radius 2 is 2.28 bits per heavy atom. The molecule has 18 heavy (non-hydrogen) atoms. The van der Waals surface area contributed by atoms with Crippen LogP contribution in [0.15, 0.2) is 24.3 Å². The Balaban J connectivity index is 2.35. The summed E-state index contributed by atoms with van der Waals surface area (Å²) in [5.74, 6) is 0.447. The van der Waals surface area contributed by atoms with Gasteiger partial charge in [-0.2, -0.15) is 0 Å². The number of ether oxygens (including phenoxy) is 2. The van der Waals surface area contributed by atoms with Gasteiger partial charge in [-0.15, -0.1) is 0 Å². The van der Waals surface area contributed by atoms with Crippen molar-refractivity contribution in [2.24, 2.45) is 0 Å². The summed E-state index contributed by atoms with van der Waals surface area (Å²) in [5.41, 5.74) is 6.24. The van der Waals surface area contributed by atoms with E-state index < -0.39 is 6.10 Å². The quantitative estimate of drug-likeness (QED) is 0.564. The van der Waals surface area contributed by atoms with Crippen molar-refractivity contribution in [2.75, 3.05) is 26.0 Å². The molecule has 5 nitrogen and oxygen atoms in total. The molecular weight excluding hydrogens is 232 g/mol. The molecule has 0 spiro atoms. The molecule has 1 aromatic rings. The number of rotatable bonds is 7. The largest absolute Gasteiger partial charge is 0.481 e. The summed E-state index contributed by atoms with van der Waals surface area (Å²) >= 11 is 0. The molecule has 0 saturated carbocycles. The number of methoxy groups -OCH3 is 1. The average molecular weight is 252 g/mol. The summed E-state index contributed by atoms with van der Waals surface area (Å²) in [6, 6.07) is 7.01. The van der Waals surface area contributed by atoms with Crippen molar-refractivity contribution < 1.29 is 14.3 Å². The first kappa shape index (κ1) is 14.3. The lowest BCUT2D eigenvalue weighted by Gasteiger charge is -2.14. The van der Waals surface area contributed by atoms with Gasteiger partial charge in [0.25, 0.3) is 5.91 Å². The van der Waals surface area contributed by atoms with Crippen LogP contribution in [0, 0.1) is 0 Å². The molecule has 0 aliphatic heterocycles. The molecular formula is C13H20N2O3. The minimum Gasteiger partial charge on any atom is -0.481 e. The lowest BCUT2D eigenvalue weighted by Crippen LogP contribution is -2.37. The molecule has 1 rings (SSSR count). The van der Waals surface area contributed by atoms with E-state index in [4.69, 9.17) is 15.2 Å². The summed E-state index contributed by atoms with van der Waals surface area (Å²) in [6.07, 6.45) is 0.238. The van der Waals surface area contributed by atoms with Crippen LogP contribution >= 0.6 is 0 Å². The van der Waals surface area contributed by atoms with Gasteiger partial charge in [-0.3, -0.25) is 4.79 Å². The van der Waals surface area contributed by atoms with Crippen LogP contribution < -0.4 is 15.8 Å². The fourth-order valence-corrected chi connectivity index (χ4v) is 1.42. The van der Waals surface area contributed by atoms with E-state index in [2.05, 4.69) is 5.32 Å². The van der Waals surface area contributed by atoms with E-state index in [1.165, 1.54) is 0 Å². The Labute approximate surface area is 107 Å². The third-order valence-corrected chi connectivity index (χ3v) is 2.36. The molecule has 3 N–H and O–H groups in total. The van der Waals surface area contributed by atoms with Gasteiger partial charge in [-0.05, 0) is 25.5 Å². The Morgan fingerprint density at radius 1 is 1.50 bits per heavy atom. The van der Waals surface area contributed by atoms with Crippen molar-refractivity contribution >= 4 is 11.6 Å². The van der Waals surface area contributed by atoms with E-state index in [0.29, 0.717) is 24.6 Å². The normalized spacial score (nSPS) is 11.9. The monoisotopic (exact) mass is 252 g/mol. The molecule has 0 fully saturated rings. The van der Waals surface area contributed by atoms with Gasteiger partial charge in [0.05, 0.1) is 0 Å². The number of nitrogens with two attached hydrogens (primary N) is 1. The molecule has 1 aromatic carbocycles. The zero-order valence-corrected chi connectivity index (χ0v) is 10.8. The van der Waals surface area contributed by atoms with E-state index in [1.807, 2.05) is 0 Å². The molecule has 0 aliphatic carbocycles. The van der Waals surface area contributed by atoms with Crippen molar-refractivity contribution in [1.82, 2.24) is 5.32 Å². The zero-order chi connectivity index (χ0) is 13.4. The van der Waals surface area contributed by atoms with Crippen LogP contribution in [0.4, 0.5) is 5.69 Å². The Hall–Kier alpha value is -1.75. The highest BCUT2D eigenvalue weighted by Crippen LogP contribution is 2.15. The van der Waals surface area contributed by atoms with Gasteiger partial charge in [-0.25, -0.2) is 0 Å². The molecule has 0 unspecified atom stereocenters. The van der Waals surface area contributed by atoms with Crippen LogP contribution in [-0.4, -0.2) is 32.3 Å².